The highest BCUT2D eigenvalue weighted by molar-refractivity contribution is 6.30. The van der Waals surface area contributed by atoms with E-state index in [0.717, 1.165) is 24.0 Å². The monoisotopic (exact) mass is 510 g/mol. The SMILES string of the molecule is COc1ccccc1-c1cc(C(=O)N[C@H](C)CCc2ccccc2)n2nc(-c3ccc(Cl)cc3)cc2n1. The number of hydrogen-bond donors (Lipinski definition) is 1. The highest BCUT2D eigenvalue weighted by Gasteiger charge is 2.20. The minimum Gasteiger partial charge on any atom is -0.496 e. The van der Waals surface area contributed by atoms with Crippen LogP contribution in [0.5, 0.6) is 5.75 Å². The Hall–Kier alpha value is -4.16. The number of amides is 1. The molecule has 2 heterocycles. The quantitative estimate of drug-likeness (QED) is 0.259. The van der Waals surface area contributed by atoms with Gasteiger partial charge in [-0.1, -0.05) is 66.2 Å². The molecule has 37 heavy (non-hydrogen) atoms. The van der Waals surface area contributed by atoms with E-state index in [4.69, 9.17) is 26.4 Å². The summed E-state index contributed by atoms with van der Waals surface area (Å²) in [5.74, 6) is 0.467. The van der Waals surface area contributed by atoms with E-state index >= 15 is 0 Å². The fourth-order valence-corrected chi connectivity index (χ4v) is 4.42. The van der Waals surface area contributed by atoms with Crippen LogP contribution in [0.4, 0.5) is 0 Å². The molecule has 3 aromatic carbocycles. The number of carbonyl (C=O) groups is 1. The average molecular weight is 511 g/mol. The maximum atomic E-state index is 13.6. The Morgan fingerprint density at radius 3 is 2.46 bits per heavy atom. The number of aryl methyl sites for hydroxylation is 1. The number of carbonyl (C=O) groups excluding carboxylic acids is 1. The van der Waals surface area contributed by atoms with Crippen molar-refractivity contribution in [1.29, 1.82) is 0 Å². The number of methoxy groups -OCH3 is 1. The van der Waals surface area contributed by atoms with E-state index in [1.54, 1.807) is 17.7 Å². The van der Waals surface area contributed by atoms with Crippen LogP contribution in [0, 0.1) is 0 Å². The third-order valence-electron chi connectivity index (χ3n) is 6.27. The van der Waals surface area contributed by atoms with E-state index in [1.807, 2.05) is 79.7 Å². The fourth-order valence-electron chi connectivity index (χ4n) is 4.29. The molecule has 0 saturated heterocycles. The molecule has 0 aliphatic rings. The molecule has 0 bridgehead atoms. The van der Waals surface area contributed by atoms with Crippen LogP contribution in [-0.2, 0) is 6.42 Å². The van der Waals surface area contributed by atoms with Crippen LogP contribution in [0.25, 0.3) is 28.2 Å². The molecule has 0 aliphatic carbocycles. The molecule has 2 aromatic heterocycles. The fraction of sp³-hybridized carbons (Fsp3) is 0.167. The van der Waals surface area contributed by atoms with Gasteiger partial charge in [0, 0.05) is 28.3 Å². The number of ether oxygens (including phenoxy) is 1. The Kier molecular flexibility index (Phi) is 7.19. The number of benzene rings is 3. The first-order chi connectivity index (χ1) is 18.0. The summed E-state index contributed by atoms with van der Waals surface area (Å²) in [6, 6.07) is 28.9. The zero-order chi connectivity index (χ0) is 25.8. The number of hydrogen-bond acceptors (Lipinski definition) is 4. The van der Waals surface area contributed by atoms with Crippen LogP contribution in [-0.4, -0.2) is 33.7 Å². The maximum absolute atomic E-state index is 13.6. The summed E-state index contributed by atoms with van der Waals surface area (Å²) in [6.45, 7) is 2.02. The van der Waals surface area contributed by atoms with E-state index in [-0.39, 0.29) is 11.9 Å². The third kappa shape index (κ3) is 5.49. The number of para-hydroxylation sites is 1. The van der Waals surface area contributed by atoms with Crippen molar-refractivity contribution in [1.82, 2.24) is 19.9 Å². The lowest BCUT2D eigenvalue weighted by atomic mass is 10.1. The molecule has 5 rings (SSSR count). The molecular formula is C30H27ClN4O2. The number of nitrogens with one attached hydrogen (secondary N) is 1. The molecular weight excluding hydrogens is 484 g/mol. The predicted molar refractivity (Wildman–Crippen MR) is 147 cm³/mol. The lowest BCUT2D eigenvalue weighted by Crippen LogP contribution is -2.34. The van der Waals surface area contributed by atoms with Gasteiger partial charge in [0.15, 0.2) is 5.65 Å². The minimum atomic E-state index is -0.213. The first kappa shape index (κ1) is 24.5. The Labute approximate surface area is 220 Å². The second kappa shape index (κ2) is 10.8. The molecule has 0 aliphatic heterocycles. The van der Waals surface area contributed by atoms with Crippen molar-refractivity contribution in [3.05, 3.63) is 107 Å². The van der Waals surface area contributed by atoms with Gasteiger partial charge in [0.05, 0.1) is 18.5 Å². The van der Waals surface area contributed by atoms with E-state index < -0.39 is 0 Å². The Balaban J connectivity index is 1.51. The van der Waals surface area contributed by atoms with Gasteiger partial charge in [-0.2, -0.15) is 5.10 Å². The third-order valence-corrected chi connectivity index (χ3v) is 6.52. The van der Waals surface area contributed by atoms with Crippen LogP contribution in [0.15, 0.2) is 91.0 Å². The van der Waals surface area contributed by atoms with Gasteiger partial charge in [-0.15, -0.1) is 0 Å². The van der Waals surface area contributed by atoms with Gasteiger partial charge in [0.25, 0.3) is 5.91 Å². The summed E-state index contributed by atoms with van der Waals surface area (Å²) in [5, 5.41) is 8.52. The number of rotatable bonds is 8. The Morgan fingerprint density at radius 1 is 0.973 bits per heavy atom. The van der Waals surface area contributed by atoms with Gasteiger partial charge >= 0.3 is 0 Å². The molecule has 6 nitrogen and oxygen atoms in total. The van der Waals surface area contributed by atoms with Crippen LogP contribution in [0.1, 0.15) is 29.4 Å². The van der Waals surface area contributed by atoms with Gasteiger partial charge in [-0.3, -0.25) is 4.79 Å². The summed E-state index contributed by atoms with van der Waals surface area (Å²) >= 11 is 6.07. The summed E-state index contributed by atoms with van der Waals surface area (Å²) < 4.78 is 7.16. The van der Waals surface area contributed by atoms with Gasteiger partial charge in [0.2, 0.25) is 0 Å². The lowest BCUT2D eigenvalue weighted by Gasteiger charge is -2.15. The van der Waals surface area contributed by atoms with Crippen molar-refractivity contribution < 1.29 is 9.53 Å². The first-order valence-corrected chi connectivity index (χ1v) is 12.5. The molecule has 0 radical (unpaired) electrons. The molecule has 0 spiro atoms. The summed E-state index contributed by atoms with van der Waals surface area (Å²) in [7, 11) is 1.62. The maximum Gasteiger partial charge on any atom is 0.270 e. The van der Waals surface area contributed by atoms with Crippen molar-refractivity contribution in [3.63, 3.8) is 0 Å². The lowest BCUT2D eigenvalue weighted by molar-refractivity contribution is 0.0931. The molecule has 5 aromatic rings. The molecule has 1 atom stereocenters. The van der Waals surface area contributed by atoms with Crippen LogP contribution < -0.4 is 10.1 Å². The second-order valence-corrected chi connectivity index (χ2v) is 9.37. The van der Waals surface area contributed by atoms with E-state index in [9.17, 15) is 4.79 Å². The van der Waals surface area contributed by atoms with E-state index in [2.05, 4.69) is 17.4 Å². The average Bonchev–Trinajstić information content (AvgIpc) is 3.36. The molecule has 186 valence electrons. The van der Waals surface area contributed by atoms with Gasteiger partial charge < -0.3 is 10.1 Å². The minimum absolute atomic E-state index is 0.0306. The molecule has 0 fully saturated rings. The summed E-state index contributed by atoms with van der Waals surface area (Å²) in [4.78, 5) is 18.4. The van der Waals surface area contributed by atoms with Crippen molar-refractivity contribution in [2.45, 2.75) is 25.8 Å². The van der Waals surface area contributed by atoms with Crippen molar-refractivity contribution in [2.24, 2.45) is 0 Å². The van der Waals surface area contributed by atoms with Crippen LogP contribution in [0.3, 0.4) is 0 Å². The molecule has 7 heteroatoms. The molecule has 0 saturated carbocycles. The highest BCUT2D eigenvalue weighted by atomic mass is 35.5. The number of nitrogens with zero attached hydrogens (tertiary/aromatic N) is 3. The van der Waals surface area contributed by atoms with Crippen molar-refractivity contribution in [2.75, 3.05) is 7.11 Å². The number of aromatic nitrogens is 3. The largest absolute Gasteiger partial charge is 0.496 e. The number of halogens is 1. The normalized spacial score (nSPS) is 11.9. The van der Waals surface area contributed by atoms with Gasteiger partial charge in [-0.05, 0) is 55.7 Å². The standard InChI is InChI=1S/C30H27ClN4O2/c1-20(12-13-21-8-4-3-5-9-21)32-30(36)27-18-26(24-10-6-7-11-28(24)37-2)33-29-19-25(34-35(27)29)22-14-16-23(31)17-15-22/h3-11,14-20H,12-13H2,1-2H3,(H,32,36)/t20-/m1/s1. The Morgan fingerprint density at radius 2 is 1.70 bits per heavy atom. The zero-order valence-electron chi connectivity index (χ0n) is 20.7. The summed E-state index contributed by atoms with van der Waals surface area (Å²) in [6.07, 6.45) is 1.70. The highest BCUT2D eigenvalue weighted by Crippen LogP contribution is 2.30. The number of fused-ring (bicyclic) bond motifs is 1. The zero-order valence-corrected chi connectivity index (χ0v) is 21.4. The predicted octanol–water partition coefficient (Wildman–Crippen LogP) is 6.48. The van der Waals surface area contributed by atoms with Crippen LogP contribution in [0.2, 0.25) is 5.02 Å². The van der Waals surface area contributed by atoms with E-state index in [0.29, 0.717) is 33.5 Å². The first-order valence-electron chi connectivity index (χ1n) is 12.2. The van der Waals surface area contributed by atoms with E-state index in [1.165, 1.54) is 5.56 Å². The van der Waals surface area contributed by atoms with Gasteiger partial charge in [-0.25, -0.2) is 9.50 Å². The smallest absolute Gasteiger partial charge is 0.270 e. The van der Waals surface area contributed by atoms with Gasteiger partial charge in [0.1, 0.15) is 11.4 Å². The van der Waals surface area contributed by atoms with Crippen molar-refractivity contribution >= 4 is 23.2 Å². The topological polar surface area (TPSA) is 68.5 Å². The second-order valence-electron chi connectivity index (χ2n) is 8.93. The molecule has 0 unspecified atom stereocenters. The molecule has 1 amide bonds. The Bertz CT molecular complexity index is 1530. The molecule has 1 N–H and O–H groups in total. The van der Waals surface area contributed by atoms with Crippen molar-refractivity contribution in [3.8, 4) is 28.3 Å². The summed E-state index contributed by atoms with van der Waals surface area (Å²) in [5.41, 5.74) is 5.23. The van der Waals surface area contributed by atoms with Crippen LogP contribution >= 0.6 is 11.6 Å².